The summed E-state index contributed by atoms with van der Waals surface area (Å²) in [4.78, 5) is 115. The van der Waals surface area contributed by atoms with Gasteiger partial charge in [-0.25, -0.2) is 0 Å². The summed E-state index contributed by atoms with van der Waals surface area (Å²) < 4.78 is 83.7. The number of amides is 7. The first-order chi connectivity index (χ1) is 71.3. The Morgan fingerprint density at radius 1 is 0.302 bits per heavy atom. The third kappa shape index (κ3) is 39.9. The van der Waals surface area contributed by atoms with Gasteiger partial charge in [-0.15, -0.1) is 0 Å². The van der Waals surface area contributed by atoms with Gasteiger partial charge in [-0.2, -0.15) is 0 Å². The van der Waals surface area contributed by atoms with Gasteiger partial charge in [0.1, 0.15) is 184 Å². The lowest BCUT2D eigenvalue weighted by atomic mass is 9.96. The van der Waals surface area contributed by atoms with Gasteiger partial charge < -0.3 is 240 Å². The van der Waals surface area contributed by atoms with Crippen LogP contribution in [0.2, 0.25) is 0 Å². The van der Waals surface area contributed by atoms with E-state index in [0.717, 1.165) is 10.5 Å². The van der Waals surface area contributed by atoms with Gasteiger partial charge in [0.25, 0.3) is 0 Å². The Bertz CT molecular complexity index is 3920. The lowest BCUT2D eigenvalue weighted by molar-refractivity contribution is -0.366. The Labute approximate surface area is 857 Å². The van der Waals surface area contributed by atoms with Crippen molar-refractivity contribution in [3.63, 3.8) is 0 Å². The molecule has 7 heterocycles. The molecule has 0 radical (unpaired) electrons. The zero-order valence-electron chi connectivity index (χ0n) is 82.7. The van der Waals surface area contributed by atoms with E-state index in [1.54, 1.807) is 24.3 Å². The van der Waals surface area contributed by atoms with Gasteiger partial charge >= 0.3 is 5.97 Å². The number of hydrogen-bond acceptors (Lipinski definition) is 50. The third-order valence-electron chi connectivity index (χ3n) is 26.1. The molecule has 8 rings (SSSR count). The molecule has 0 unspecified atom stereocenters. The number of unbranched alkanes of at least 4 members (excludes halogenated alkanes) is 6. The molecule has 149 heavy (non-hydrogen) atoms. The number of rotatable bonds is 66. The summed E-state index contributed by atoms with van der Waals surface area (Å²) in [6, 6.07) is 7.46. The Hall–Kier alpha value is -6.66. The number of nitrogens with one attached hydrogen (secondary N) is 5. The Balaban J connectivity index is 0.930. The number of hydrogen-bond donors (Lipinski definition) is 31. The molecule has 0 spiro atoms. The second-order valence-corrected chi connectivity index (χ2v) is 37.4. The van der Waals surface area contributed by atoms with Gasteiger partial charge in [0.05, 0.1) is 98.9 Å². The van der Waals surface area contributed by atoms with Gasteiger partial charge in [-0.3, -0.25) is 43.3 Å². The number of aliphatic hydroxyl groups excluding tert-OH is 26. The molecule has 7 fully saturated rings. The van der Waals surface area contributed by atoms with E-state index in [4.69, 9.17) is 71.1 Å². The summed E-state index contributed by atoms with van der Waals surface area (Å²) in [7, 11) is 0. The zero-order valence-corrected chi connectivity index (χ0v) is 82.7. The zero-order chi connectivity index (χ0) is 109. The topological polar surface area (TPSA) is 871 Å². The van der Waals surface area contributed by atoms with Gasteiger partial charge in [-0.05, 0) is 76.2 Å². The summed E-state index contributed by atoms with van der Waals surface area (Å²) in [5.41, 5.74) is 0.781. The van der Waals surface area contributed by atoms with Gasteiger partial charge in [0.15, 0.2) is 44.0 Å². The molecule has 7 saturated heterocycles. The van der Waals surface area contributed by atoms with Gasteiger partial charge in [0.2, 0.25) is 41.4 Å². The maximum atomic E-state index is 14.5. The highest BCUT2D eigenvalue weighted by Crippen LogP contribution is 2.34. The number of esters is 1. The molecule has 31 N–H and O–H groups in total. The predicted octanol–water partition coefficient (Wildman–Crippen LogP) is -15.6. The van der Waals surface area contributed by atoms with Crippen molar-refractivity contribution in [3.8, 4) is 0 Å². The van der Waals surface area contributed by atoms with Gasteiger partial charge in [0, 0.05) is 78.0 Å². The van der Waals surface area contributed by atoms with Crippen LogP contribution in [0.15, 0.2) is 30.3 Å². The fourth-order valence-corrected chi connectivity index (χ4v) is 17.2. The normalized spacial score (nSPS) is 33.5. The number of carbonyl (C=O) groups excluding carboxylic acids is 8. The highest BCUT2D eigenvalue weighted by Gasteiger charge is 2.54. The van der Waals surface area contributed by atoms with Crippen LogP contribution in [-0.4, -0.2) is 567 Å². The van der Waals surface area contributed by atoms with Crippen LogP contribution in [0.4, 0.5) is 0 Å². The second-order valence-electron chi connectivity index (χ2n) is 37.4. The summed E-state index contributed by atoms with van der Waals surface area (Å²) in [6.07, 6.45) is -56.9. The van der Waals surface area contributed by atoms with Gasteiger partial charge in [-0.1, -0.05) is 49.6 Å². The molecule has 7 aliphatic rings. The highest BCUT2D eigenvalue weighted by molar-refractivity contribution is 5.90. The molecule has 858 valence electrons. The first-order valence-corrected chi connectivity index (χ1v) is 50.3. The summed E-state index contributed by atoms with van der Waals surface area (Å²) >= 11 is 0. The van der Waals surface area contributed by atoms with Crippen molar-refractivity contribution >= 4 is 47.3 Å². The molecular formula is C92H156N8O49. The smallest absolute Gasteiger partial charge is 0.306 e. The predicted molar refractivity (Wildman–Crippen MR) is 497 cm³/mol. The van der Waals surface area contributed by atoms with E-state index in [9.17, 15) is 171 Å². The Morgan fingerprint density at radius 2 is 0.624 bits per heavy atom. The van der Waals surface area contributed by atoms with Crippen LogP contribution >= 0.6 is 0 Å². The number of benzene rings is 1. The largest absolute Gasteiger partial charge is 0.461 e. The molecule has 0 saturated carbocycles. The molecule has 0 aliphatic carbocycles. The van der Waals surface area contributed by atoms with E-state index >= 15 is 0 Å². The van der Waals surface area contributed by atoms with Crippen molar-refractivity contribution in [3.05, 3.63) is 35.9 Å². The van der Waals surface area contributed by atoms with E-state index in [2.05, 4.69) is 26.6 Å². The molecule has 57 heteroatoms. The van der Waals surface area contributed by atoms with E-state index < -0.39 is 348 Å². The first-order valence-electron chi connectivity index (χ1n) is 50.3. The van der Waals surface area contributed by atoms with Crippen molar-refractivity contribution in [2.24, 2.45) is 0 Å². The van der Waals surface area contributed by atoms with Crippen LogP contribution < -0.4 is 26.6 Å². The van der Waals surface area contributed by atoms with E-state index in [1.165, 1.54) is 9.80 Å². The molecule has 1 aromatic carbocycles. The lowest BCUT2D eigenvalue weighted by Gasteiger charge is -2.46. The van der Waals surface area contributed by atoms with Crippen molar-refractivity contribution in [2.75, 3.05) is 151 Å². The lowest BCUT2D eigenvalue weighted by Crippen LogP contribution is -2.65. The minimum atomic E-state index is -2.08. The average Bonchev–Trinajstić information content (AvgIpc) is 0.775. The van der Waals surface area contributed by atoms with E-state index in [-0.39, 0.29) is 162 Å². The molecular weight excluding hydrogens is 2000 g/mol. The molecule has 7 aliphatic heterocycles. The van der Waals surface area contributed by atoms with Crippen LogP contribution in [0.5, 0.6) is 0 Å². The Morgan fingerprint density at radius 3 is 1.01 bits per heavy atom. The summed E-state index contributed by atoms with van der Waals surface area (Å²) in [5, 5.41) is 283. The van der Waals surface area contributed by atoms with E-state index in [1.807, 2.05) is 6.07 Å². The number of ether oxygens (including phenoxy) is 15. The SMILES string of the molecule is O=C(CC[C@H](NC(=O)CN(CC(=O)NCCCCCC(=O)OCc1ccccc1)CC(=O)NCCO[C@H]1O[C@H](CO[C@H]2O[C@H](CO)[C@@H](O)[C@H](O)[C@@H]2O)[C@@H](O)[C@H](O[C@H]2O[C@H](CO)[C@@H](O)[C@H](O)[C@@H]2O)[C@@H]1O)C(=O)NCCCCCC(=O)N(CCCO[C@H]1O[C@H](CO)[C@@H](O)[C@H](O)[C@@H]1O)CCCO[C@H]1O[C@H](CO)[C@@H](O)[C@H](O)[C@@H]1O)NCCCCCC(=O)N(CCCO[C@H]1O[C@H](CO)[C@@H](O)[C@H](O)[C@@H]1O)CCCO[C@H]1O[C@H](CO)[C@@H](O)[C@H](O)[C@@H]1O. The van der Waals surface area contributed by atoms with Crippen molar-refractivity contribution in [2.45, 2.75) is 343 Å². The monoisotopic (exact) mass is 2160 g/mol. The fourth-order valence-electron chi connectivity index (χ4n) is 17.2. The summed E-state index contributed by atoms with van der Waals surface area (Å²) in [5.74, 6) is -5.20. The number of carbonyl (C=O) groups is 8. The quantitative estimate of drug-likeness (QED) is 0.0213. The van der Waals surface area contributed by atoms with Crippen LogP contribution in [0.3, 0.4) is 0 Å². The van der Waals surface area contributed by atoms with Crippen LogP contribution in [0.1, 0.15) is 121 Å². The molecule has 7 amide bonds. The highest BCUT2D eigenvalue weighted by atomic mass is 16.8. The minimum Gasteiger partial charge on any atom is -0.461 e. The summed E-state index contributed by atoms with van der Waals surface area (Å²) in [6.45, 7) is -9.22. The molecule has 1 aromatic rings. The second kappa shape index (κ2) is 66.7. The first kappa shape index (κ1) is 127. The van der Waals surface area contributed by atoms with Crippen LogP contribution in [0.25, 0.3) is 0 Å². The minimum absolute atomic E-state index is 0.0142. The molecule has 0 aromatic heterocycles. The van der Waals surface area contributed by atoms with Crippen LogP contribution in [-0.2, 0) is 116 Å². The van der Waals surface area contributed by atoms with E-state index in [0.29, 0.717) is 32.1 Å². The standard InChI is InChI=1S/C92H156N8O49/c101-40-50-64(114)71(121)77(127)86(142-50)135-32-13-28-99(29-14-33-136-87-78(128)72(122)65(115)51(41-102)143-87)61(111)19-7-2-10-24-93-57(107)23-22-49(85(134)96-26-12-3-8-20-62(112)100(30-15-34-137-88-79(129)73(123)66(116)52(42-103)144-88)31-16-35-138-89-80(130)74(124)67(117)53(43-104)145-89)97-60(110)39-98(37-58(108)94-25-11-4-9-21-63(113)140-46-48-17-5-1-6-18-48)38-59(109)95-27-36-139-91-83(133)84(149-92-82(132)76(126)69(119)55(45-106)147-92)70(120)56(148-91)47-141-90-81(131)75(125)68(118)54(44-105)146-90/h1,5-6,17-18,49-56,64-84,86-92,101-106,114-133H,2-4,7-16,19-47H2,(H,93,107)(H,94,108)(H,95,109)(H,96,134)(H,97,110)/t49-,50+,51+,52+,53+,54+,55+,56+,64+,65+,66+,67+,68+,69+,70+,71-,72-,73-,74-,75-,76-,77-,78-,79-,80-,81-,82-,83-,84-,86-,87-,88-,89-,90-,91-,92+/m0/s1. The average molecular weight is 2160 g/mol. The molecule has 57 nitrogen and oxygen atoms in total. The maximum absolute atomic E-state index is 14.5. The number of aliphatic hydroxyl groups is 26. The van der Waals surface area contributed by atoms with Crippen molar-refractivity contribution in [1.29, 1.82) is 0 Å². The Kier molecular flexibility index (Phi) is 57.0. The van der Waals surface area contributed by atoms with Crippen molar-refractivity contribution < 1.29 is 242 Å². The molecule has 36 atom stereocenters. The third-order valence-corrected chi connectivity index (χ3v) is 26.1. The van der Waals surface area contributed by atoms with Crippen molar-refractivity contribution in [1.82, 2.24) is 41.3 Å². The molecule has 0 bridgehead atoms. The number of nitrogens with zero attached hydrogens (tertiary/aromatic N) is 3. The van der Waals surface area contributed by atoms with Crippen LogP contribution in [0, 0.1) is 0 Å². The maximum Gasteiger partial charge on any atom is 0.306 e. The fraction of sp³-hybridized carbons (Fsp3) is 0.848.